The zero-order chi connectivity index (χ0) is 9.31. The Balaban J connectivity index is 1.79. The van der Waals surface area contributed by atoms with E-state index < -0.39 is 10.0 Å². The van der Waals surface area contributed by atoms with Gasteiger partial charge >= 0.3 is 0 Å². The molecule has 76 valence electrons. The molecule has 13 heavy (non-hydrogen) atoms. The highest BCUT2D eigenvalue weighted by Gasteiger charge is 2.28. The molecular weight excluding hydrogens is 188 g/mol. The molecule has 0 aromatic carbocycles. The van der Waals surface area contributed by atoms with E-state index in [4.69, 9.17) is 0 Å². The van der Waals surface area contributed by atoms with Gasteiger partial charge in [-0.3, -0.25) is 0 Å². The summed E-state index contributed by atoms with van der Waals surface area (Å²) in [6, 6.07) is 0.234. The summed E-state index contributed by atoms with van der Waals surface area (Å²) in [5.41, 5.74) is 0. The third kappa shape index (κ3) is 2.42. The van der Waals surface area contributed by atoms with Gasteiger partial charge in [0.05, 0.1) is 5.75 Å². The summed E-state index contributed by atoms with van der Waals surface area (Å²) in [5.74, 6) is 0.633. The number of hydrogen-bond donors (Lipinski definition) is 2. The second kappa shape index (κ2) is 3.55. The molecule has 0 aromatic heterocycles. The van der Waals surface area contributed by atoms with Crippen LogP contribution in [0.1, 0.15) is 19.3 Å². The molecule has 0 spiro atoms. The van der Waals surface area contributed by atoms with Gasteiger partial charge in [-0.2, -0.15) is 0 Å². The summed E-state index contributed by atoms with van der Waals surface area (Å²) < 4.78 is 25.7. The van der Waals surface area contributed by atoms with Gasteiger partial charge in [0, 0.05) is 19.1 Å². The first-order valence-electron chi connectivity index (χ1n) is 4.86. The molecule has 0 amide bonds. The maximum Gasteiger partial charge on any atom is 0.212 e. The Hall–Kier alpha value is -0.130. The Kier molecular flexibility index (Phi) is 2.58. The zero-order valence-corrected chi connectivity index (χ0v) is 8.44. The molecule has 5 heteroatoms. The van der Waals surface area contributed by atoms with Gasteiger partial charge in [-0.15, -0.1) is 0 Å². The van der Waals surface area contributed by atoms with Crippen LogP contribution in [0.5, 0.6) is 0 Å². The quantitative estimate of drug-likeness (QED) is 0.660. The van der Waals surface area contributed by atoms with E-state index in [2.05, 4.69) is 10.0 Å². The summed E-state index contributed by atoms with van der Waals surface area (Å²) >= 11 is 0. The summed E-state index contributed by atoms with van der Waals surface area (Å²) in [7, 11) is -2.99. The summed E-state index contributed by atoms with van der Waals surface area (Å²) in [6.07, 6.45) is 3.20. The minimum atomic E-state index is -2.99. The molecule has 0 aromatic rings. The maximum atomic E-state index is 11.5. The van der Waals surface area contributed by atoms with Gasteiger partial charge < -0.3 is 5.32 Å². The second-order valence-electron chi connectivity index (χ2n) is 4.05. The predicted molar refractivity (Wildman–Crippen MR) is 50.9 cm³/mol. The molecule has 0 unspecified atom stereocenters. The van der Waals surface area contributed by atoms with E-state index in [1.165, 1.54) is 0 Å². The van der Waals surface area contributed by atoms with Crippen molar-refractivity contribution in [3.8, 4) is 0 Å². The number of sulfonamides is 1. The van der Waals surface area contributed by atoms with Gasteiger partial charge in [0.15, 0.2) is 0 Å². The lowest BCUT2D eigenvalue weighted by Gasteiger charge is -2.30. The Morgan fingerprint density at radius 1 is 1.31 bits per heavy atom. The van der Waals surface area contributed by atoms with Gasteiger partial charge in [-0.1, -0.05) is 6.42 Å². The van der Waals surface area contributed by atoms with E-state index >= 15 is 0 Å². The standard InChI is InChI=1S/C8H16N2O2S/c11-13(12,6-7-4-9-5-7)10-8-2-1-3-8/h7-10H,1-6H2. The summed E-state index contributed by atoms with van der Waals surface area (Å²) in [6.45, 7) is 1.71. The van der Waals surface area contributed by atoms with Crippen LogP contribution < -0.4 is 10.0 Å². The molecule has 0 bridgehead atoms. The average molecular weight is 204 g/mol. The number of nitrogens with one attached hydrogen (secondary N) is 2. The Morgan fingerprint density at radius 2 is 2.00 bits per heavy atom. The lowest BCUT2D eigenvalue weighted by atomic mass is 9.94. The first-order chi connectivity index (χ1) is 6.16. The van der Waals surface area contributed by atoms with Crippen LogP contribution in [-0.2, 0) is 10.0 Å². The fraction of sp³-hybridized carbons (Fsp3) is 1.00. The second-order valence-corrected chi connectivity index (χ2v) is 5.85. The van der Waals surface area contributed by atoms with Crippen LogP contribution in [0.25, 0.3) is 0 Å². The molecule has 2 rings (SSSR count). The van der Waals surface area contributed by atoms with Gasteiger partial charge in [0.1, 0.15) is 0 Å². The molecule has 1 heterocycles. The van der Waals surface area contributed by atoms with Crippen LogP contribution in [0.4, 0.5) is 0 Å². The minimum Gasteiger partial charge on any atom is -0.316 e. The molecule has 2 fully saturated rings. The molecule has 2 aliphatic rings. The lowest BCUT2D eigenvalue weighted by Crippen LogP contribution is -2.49. The molecule has 4 nitrogen and oxygen atoms in total. The van der Waals surface area contributed by atoms with E-state index in [1.807, 2.05) is 0 Å². The maximum absolute atomic E-state index is 11.5. The Bertz CT molecular complexity index is 246. The molecule has 1 aliphatic carbocycles. The van der Waals surface area contributed by atoms with Crippen LogP contribution in [-0.4, -0.2) is 33.3 Å². The average Bonchev–Trinajstić information content (AvgIpc) is 1.90. The van der Waals surface area contributed by atoms with Crippen molar-refractivity contribution in [2.24, 2.45) is 5.92 Å². The van der Waals surface area contributed by atoms with Crippen molar-refractivity contribution in [1.82, 2.24) is 10.0 Å². The number of rotatable bonds is 4. The fourth-order valence-electron chi connectivity index (χ4n) is 1.60. The third-order valence-electron chi connectivity index (χ3n) is 2.77. The lowest BCUT2D eigenvalue weighted by molar-refractivity contribution is 0.363. The Labute approximate surface area is 79.1 Å². The van der Waals surface area contributed by atoms with Crippen molar-refractivity contribution in [3.63, 3.8) is 0 Å². The van der Waals surface area contributed by atoms with Crippen molar-refractivity contribution in [3.05, 3.63) is 0 Å². The van der Waals surface area contributed by atoms with E-state index in [0.29, 0.717) is 11.7 Å². The minimum absolute atomic E-state index is 0.234. The van der Waals surface area contributed by atoms with Crippen molar-refractivity contribution in [2.45, 2.75) is 25.3 Å². The van der Waals surface area contributed by atoms with Crippen LogP contribution in [0, 0.1) is 5.92 Å². The smallest absolute Gasteiger partial charge is 0.212 e. The van der Waals surface area contributed by atoms with Crippen LogP contribution in [0.2, 0.25) is 0 Å². The topological polar surface area (TPSA) is 58.2 Å². The molecule has 0 atom stereocenters. The van der Waals surface area contributed by atoms with E-state index in [0.717, 1.165) is 32.4 Å². The van der Waals surface area contributed by atoms with Crippen LogP contribution in [0.3, 0.4) is 0 Å². The summed E-state index contributed by atoms with van der Waals surface area (Å²) in [4.78, 5) is 0. The molecule has 1 saturated heterocycles. The van der Waals surface area contributed by atoms with Crippen LogP contribution in [0.15, 0.2) is 0 Å². The van der Waals surface area contributed by atoms with Crippen molar-refractivity contribution in [1.29, 1.82) is 0 Å². The predicted octanol–water partition coefficient (Wildman–Crippen LogP) is -0.322. The van der Waals surface area contributed by atoms with Crippen LogP contribution >= 0.6 is 0 Å². The molecule has 0 radical (unpaired) electrons. The van der Waals surface area contributed by atoms with Gasteiger partial charge in [0.25, 0.3) is 0 Å². The van der Waals surface area contributed by atoms with Crippen molar-refractivity contribution >= 4 is 10.0 Å². The van der Waals surface area contributed by atoms with Gasteiger partial charge in [0.2, 0.25) is 10.0 Å². The highest BCUT2D eigenvalue weighted by atomic mass is 32.2. The van der Waals surface area contributed by atoms with E-state index in [9.17, 15) is 8.42 Å². The molecular formula is C8H16N2O2S. The first kappa shape index (κ1) is 9.43. The first-order valence-corrected chi connectivity index (χ1v) is 6.52. The van der Waals surface area contributed by atoms with Gasteiger partial charge in [-0.05, 0) is 18.8 Å². The molecule has 1 aliphatic heterocycles. The Morgan fingerprint density at radius 3 is 2.38 bits per heavy atom. The largest absolute Gasteiger partial charge is 0.316 e. The van der Waals surface area contributed by atoms with Crippen molar-refractivity contribution < 1.29 is 8.42 Å². The summed E-state index contributed by atoms with van der Waals surface area (Å²) in [5, 5.41) is 3.07. The monoisotopic (exact) mass is 204 g/mol. The molecule has 2 N–H and O–H groups in total. The third-order valence-corrected chi connectivity index (χ3v) is 4.38. The SMILES string of the molecule is O=S(=O)(CC1CNC1)NC1CCC1. The van der Waals surface area contributed by atoms with Gasteiger partial charge in [-0.25, -0.2) is 13.1 Å². The molecule has 1 saturated carbocycles. The van der Waals surface area contributed by atoms with E-state index in [-0.39, 0.29) is 6.04 Å². The number of hydrogen-bond acceptors (Lipinski definition) is 3. The highest BCUT2D eigenvalue weighted by molar-refractivity contribution is 7.89. The van der Waals surface area contributed by atoms with E-state index in [1.54, 1.807) is 0 Å². The fourth-order valence-corrected chi connectivity index (χ4v) is 3.30. The highest BCUT2D eigenvalue weighted by Crippen LogP contribution is 2.19. The van der Waals surface area contributed by atoms with Crippen molar-refractivity contribution in [2.75, 3.05) is 18.8 Å². The zero-order valence-electron chi connectivity index (χ0n) is 7.62. The normalized spacial score (nSPS) is 25.2.